The summed E-state index contributed by atoms with van der Waals surface area (Å²) in [5.41, 5.74) is -5.65. The van der Waals surface area contributed by atoms with Crippen LogP contribution in [0.3, 0.4) is 0 Å². The van der Waals surface area contributed by atoms with Crippen molar-refractivity contribution in [1.82, 2.24) is 0 Å². The van der Waals surface area contributed by atoms with Gasteiger partial charge in [0.2, 0.25) is 0 Å². The van der Waals surface area contributed by atoms with Gasteiger partial charge in [-0.1, -0.05) is 34.1 Å². The van der Waals surface area contributed by atoms with Crippen molar-refractivity contribution in [2.45, 2.75) is 18.3 Å². The number of halogens is 5. The summed E-state index contributed by atoms with van der Waals surface area (Å²) in [5, 5.41) is 1.05. The van der Waals surface area contributed by atoms with E-state index in [1.54, 1.807) is 0 Å². The first-order valence-electron chi connectivity index (χ1n) is 7.64. The number of ether oxygens (including phenoxy) is 1. The summed E-state index contributed by atoms with van der Waals surface area (Å²) in [5.74, 6) is 0.982. The third kappa shape index (κ3) is 10.3. The largest absolute Gasteiger partial charge is 0.741 e. The maximum Gasteiger partial charge on any atom is 0.485 e. The van der Waals surface area contributed by atoms with Gasteiger partial charge in [0.25, 0.3) is 0 Å². The second-order valence-corrected chi connectivity index (χ2v) is 10.2. The fraction of sp³-hybridized carbons (Fsp3) is 0.294. The van der Waals surface area contributed by atoms with Crippen LogP contribution in [0, 0.1) is 7.14 Å². The maximum absolute atomic E-state index is 10.7. The summed E-state index contributed by atoms with van der Waals surface area (Å²) < 4.78 is 67.5. The molecule has 0 radical (unpaired) electrons. The van der Waals surface area contributed by atoms with Crippen LogP contribution in [0.1, 0.15) is 12.8 Å². The first kappa shape index (κ1) is 24.2. The average Bonchev–Trinajstić information content (AvgIpc) is 2.60. The summed E-state index contributed by atoms with van der Waals surface area (Å²) >= 11 is 3.36. The first-order chi connectivity index (χ1) is 12.6. The van der Waals surface area contributed by atoms with Crippen LogP contribution in [0.4, 0.5) is 13.2 Å². The van der Waals surface area contributed by atoms with Gasteiger partial charge in [-0.25, -0.2) is 8.42 Å². The van der Waals surface area contributed by atoms with Gasteiger partial charge in [0.15, 0.2) is 17.3 Å². The molecule has 0 unspecified atom stereocenters. The maximum atomic E-state index is 10.7. The lowest BCUT2D eigenvalue weighted by Crippen LogP contribution is -3.61. The molecular weight excluding hydrogens is 564 g/mol. The molecule has 0 amide bonds. The molecule has 2 aromatic rings. The minimum atomic E-state index is -6.09. The molecule has 0 aromatic heterocycles. The topological polar surface area (TPSA) is 66.4 Å². The molecule has 27 heavy (non-hydrogen) atoms. The predicted octanol–water partition coefficient (Wildman–Crippen LogP) is 1.42. The van der Waals surface area contributed by atoms with E-state index in [9.17, 15) is 13.2 Å². The molecule has 0 aliphatic rings. The lowest BCUT2D eigenvalue weighted by molar-refractivity contribution is -0.597. The molecule has 0 atom stereocenters. The van der Waals surface area contributed by atoms with E-state index in [1.165, 1.54) is 7.14 Å². The molecule has 2 aromatic carbocycles. The molecule has 0 saturated carbocycles. The Morgan fingerprint density at radius 2 is 1.48 bits per heavy atom. The highest BCUT2D eigenvalue weighted by Crippen LogP contribution is 2.20. The van der Waals surface area contributed by atoms with Gasteiger partial charge in [-0.05, 0) is 49.2 Å². The third-order valence-electron chi connectivity index (χ3n) is 2.85. The smallest absolute Gasteiger partial charge is 0.485 e. The molecule has 0 spiro atoms. The zero-order chi connectivity index (χ0) is 20.3. The van der Waals surface area contributed by atoms with E-state index in [-0.39, 0.29) is 21.2 Å². The Morgan fingerprint density at radius 1 is 0.963 bits per heavy atom. The summed E-state index contributed by atoms with van der Waals surface area (Å²) in [6, 6.07) is 19.3. The number of unbranched alkanes of at least 4 members (excludes halogenated alkanes) is 1. The normalized spacial score (nSPS) is 11.4. The van der Waals surface area contributed by atoms with Gasteiger partial charge in [-0.15, -0.1) is 0 Å². The Kier molecular flexibility index (Phi) is 10.6. The van der Waals surface area contributed by atoms with E-state index in [2.05, 4.69) is 70.5 Å². The van der Waals surface area contributed by atoms with Crippen LogP contribution in [-0.4, -0.2) is 30.4 Å². The van der Waals surface area contributed by atoms with Crippen molar-refractivity contribution in [3.63, 3.8) is 0 Å². The summed E-state index contributed by atoms with van der Waals surface area (Å²) in [7, 11) is -6.09. The Balaban J connectivity index is 0.000000387. The minimum Gasteiger partial charge on any atom is -0.741 e. The number of hydrogen-bond acceptors (Lipinski definition) is 4. The Bertz CT molecular complexity index is 769. The van der Waals surface area contributed by atoms with Crippen molar-refractivity contribution >= 4 is 26.0 Å². The highest BCUT2D eigenvalue weighted by atomic mass is 127. The predicted molar refractivity (Wildman–Crippen MR) is 94.6 cm³/mol. The molecule has 0 bridgehead atoms. The van der Waals surface area contributed by atoms with Crippen LogP contribution < -0.4 is 25.9 Å². The van der Waals surface area contributed by atoms with E-state index in [0.717, 1.165) is 30.5 Å². The Labute approximate surface area is 175 Å². The van der Waals surface area contributed by atoms with Crippen molar-refractivity contribution in [2.75, 3.05) is 11.9 Å². The van der Waals surface area contributed by atoms with Crippen molar-refractivity contribution in [3.8, 4) is 5.75 Å². The van der Waals surface area contributed by atoms with Crippen LogP contribution in [0.2, 0.25) is 0 Å². The number of alkyl halides is 4. The van der Waals surface area contributed by atoms with Crippen molar-refractivity contribution in [2.24, 2.45) is 0 Å². The molecule has 0 fully saturated rings. The molecule has 150 valence electrons. The number of rotatable bonds is 7. The zero-order valence-corrected chi connectivity index (χ0v) is 18.5. The molecule has 10 heteroatoms. The standard InChI is InChI=1S/C16H17BrIO.CHF3O3S/c17-12-4-5-13-19-16-10-8-15(9-11-16)18-14-6-2-1-3-7-14;2-1(3,4)8(5,6)7/h1-3,6-11H,4-5,12-13H2;(H,5,6,7)/q+1;/p-1. The first-order valence-corrected chi connectivity index (χ1v) is 12.3. The van der Waals surface area contributed by atoms with E-state index >= 15 is 0 Å². The minimum absolute atomic E-state index is 0.0654. The molecule has 0 saturated heterocycles. The van der Waals surface area contributed by atoms with E-state index in [1.807, 2.05) is 0 Å². The third-order valence-corrected chi connectivity index (χ3v) is 6.66. The van der Waals surface area contributed by atoms with Crippen LogP contribution in [0.5, 0.6) is 5.75 Å². The fourth-order valence-corrected chi connectivity index (χ4v) is 4.19. The van der Waals surface area contributed by atoms with Crippen LogP contribution in [-0.2, 0) is 10.1 Å². The SMILES string of the molecule is BrCCCCOc1ccc([I+]c2ccccc2)cc1.O=S(=O)([O-])C(F)(F)F. The van der Waals surface area contributed by atoms with Gasteiger partial charge in [0.1, 0.15) is 5.75 Å². The molecule has 0 aliphatic carbocycles. The lowest BCUT2D eigenvalue weighted by Gasteiger charge is -2.08. The Morgan fingerprint density at radius 3 is 1.96 bits per heavy atom. The Hall–Kier alpha value is -0.850. The highest BCUT2D eigenvalue weighted by Gasteiger charge is 2.36. The van der Waals surface area contributed by atoms with Crippen LogP contribution >= 0.6 is 15.9 Å². The fourth-order valence-electron chi connectivity index (χ4n) is 1.58. The van der Waals surface area contributed by atoms with Crippen molar-refractivity contribution < 1.29 is 52.1 Å². The van der Waals surface area contributed by atoms with Gasteiger partial charge in [-0.2, -0.15) is 13.2 Å². The molecule has 4 nitrogen and oxygen atoms in total. The quantitative estimate of drug-likeness (QED) is 0.163. The van der Waals surface area contributed by atoms with Gasteiger partial charge < -0.3 is 9.29 Å². The van der Waals surface area contributed by atoms with Crippen molar-refractivity contribution in [1.29, 1.82) is 0 Å². The molecule has 0 aliphatic heterocycles. The summed E-state index contributed by atoms with van der Waals surface area (Å²) in [6.45, 7) is 0.804. The van der Waals surface area contributed by atoms with Gasteiger partial charge >= 0.3 is 26.7 Å². The van der Waals surface area contributed by atoms with E-state index in [0.29, 0.717) is 0 Å². The summed E-state index contributed by atoms with van der Waals surface area (Å²) in [4.78, 5) is 0. The summed E-state index contributed by atoms with van der Waals surface area (Å²) in [6.07, 6.45) is 2.27. The van der Waals surface area contributed by atoms with Gasteiger partial charge in [0.05, 0.1) is 6.61 Å². The average molecular weight is 581 g/mol. The van der Waals surface area contributed by atoms with Crippen LogP contribution in [0.25, 0.3) is 0 Å². The number of hydrogen-bond donors (Lipinski definition) is 0. The number of benzene rings is 2. The zero-order valence-electron chi connectivity index (χ0n) is 14.0. The van der Waals surface area contributed by atoms with Gasteiger partial charge in [-0.3, -0.25) is 0 Å². The molecular formula is C17H17BrF3IO4S. The molecule has 2 rings (SSSR count). The van der Waals surface area contributed by atoms with Gasteiger partial charge in [0, 0.05) is 5.33 Å². The molecule has 0 N–H and O–H groups in total. The second kappa shape index (κ2) is 11.9. The van der Waals surface area contributed by atoms with E-state index < -0.39 is 15.6 Å². The van der Waals surface area contributed by atoms with Crippen LogP contribution in [0.15, 0.2) is 54.6 Å². The lowest BCUT2D eigenvalue weighted by atomic mass is 10.3. The molecule has 0 heterocycles. The highest BCUT2D eigenvalue weighted by molar-refractivity contribution is 9.09. The monoisotopic (exact) mass is 580 g/mol. The van der Waals surface area contributed by atoms with Crippen molar-refractivity contribution in [3.05, 3.63) is 61.7 Å². The van der Waals surface area contributed by atoms with E-state index in [4.69, 9.17) is 17.7 Å². The second-order valence-electron chi connectivity index (χ2n) is 4.99.